The highest BCUT2D eigenvalue weighted by atomic mass is 16.6. The van der Waals surface area contributed by atoms with Gasteiger partial charge in [0.15, 0.2) is 17.4 Å². The maximum atomic E-state index is 10.9. The Balaban J connectivity index is 1.73. The maximum Gasteiger partial charge on any atom is 0.310 e. The van der Waals surface area contributed by atoms with Crippen LogP contribution in [-0.4, -0.2) is 25.1 Å². The molecular formula is C14H11N5O3. The molecule has 0 saturated heterocycles. The third-order valence-electron chi connectivity index (χ3n) is 2.88. The fourth-order valence-corrected chi connectivity index (χ4v) is 1.86. The van der Waals surface area contributed by atoms with Gasteiger partial charge in [-0.1, -0.05) is 12.1 Å². The van der Waals surface area contributed by atoms with Gasteiger partial charge < -0.3 is 4.74 Å². The average molecular weight is 297 g/mol. The Kier molecular flexibility index (Phi) is 3.73. The van der Waals surface area contributed by atoms with Crippen LogP contribution in [0, 0.1) is 10.1 Å². The van der Waals surface area contributed by atoms with Crippen molar-refractivity contribution < 1.29 is 9.66 Å². The lowest BCUT2D eigenvalue weighted by atomic mass is 10.3. The zero-order valence-electron chi connectivity index (χ0n) is 11.3. The summed E-state index contributed by atoms with van der Waals surface area (Å²) in [6.45, 7) is 0.0537. The van der Waals surface area contributed by atoms with Crippen molar-refractivity contribution in [3.05, 3.63) is 64.7 Å². The van der Waals surface area contributed by atoms with E-state index in [1.165, 1.54) is 12.1 Å². The van der Waals surface area contributed by atoms with E-state index in [0.717, 1.165) is 5.56 Å². The largest absolute Gasteiger partial charge is 0.479 e. The molecule has 0 spiro atoms. The summed E-state index contributed by atoms with van der Waals surface area (Å²) < 4.78 is 5.44. The average Bonchev–Trinajstić information content (AvgIpc) is 3.03. The van der Waals surface area contributed by atoms with Gasteiger partial charge >= 0.3 is 5.69 Å². The molecule has 1 aromatic carbocycles. The quantitative estimate of drug-likeness (QED) is 0.572. The monoisotopic (exact) mass is 297 g/mol. The van der Waals surface area contributed by atoms with Crippen molar-refractivity contribution in [3.8, 4) is 17.1 Å². The van der Waals surface area contributed by atoms with E-state index in [1.807, 2.05) is 6.07 Å². The second kappa shape index (κ2) is 6.00. The molecule has 2 heterocycles. The highest BCUT2D eigenvalue weighted by molar-refractivity contribution is 5.52. The summed E-state index contributed by atoms with van der Waals surface area (Å²) >= 11 is 0. The first-order chi connectivity index (χ1) is 10.7. The lowest BCUT2D eigenvalue weighted by Crippen LogP contribution is -2.00. The molecule has 2 aromatic heterocycles. The summed E-state index contributed by atoms with van der Waals surface area (Å²) in [5, 5.41) is 17.7. The summed E-state index contributed by atoms with van der Waals surface area (Å²) in [7, 11) is 0. The van der Waals surface area contributed by atoms with Gasteiger partial charge in [-0.25, -0.2) is 4.98 Å². The molecule has 3 rings (SSSR count). The summed E-state index contributed by atoms with van der Waals surface area (Å²) in [5.41, 5.74) is 0.685. The Labute approximate surface area is 125 Å². The van der Waals surface area contributed by atoms with Crippen LogP contribution in [0.25, 0.3) is 11.4 Å². The van der Waals surface area contributed by atoms with E-state index < -0.39 is 4.92 Å². The van der Waals surface area contributed by atoms with E-state index in [9.17, 15) is 10.1 Å². The highest BCUT2D eigenvalue weighted by Crippen LogP contribution is 2.26. The van der Waals surface area contributed by atoms with Crippen LogP contribution in [0.2, 0.25) is 0 Å². The van der Waals surface area contributed by atoms with Gasteiger partial charge in [0.2, 0.25) is 0 Å². The molecule has 8 nitrogen and oxygen atoms in total. The van der Waals surface area contributed by atoms with Gasteiger partial charge in [-0.15, -0.1) is 0 Å². The van der Waals surface area contributed by atoms with Gasteiger partial charge in [0, 0.05) is 24.0 Å². The zero-order chi connectivity index (χ0) is 15.4. The smallest absolute Gasteiger partial charge is 0.310 e. The van der Waals surface area contributed by atoms with Crippen molar-refractivity contribution in [3.63, 3.8) is 0 Å². The number of hydrogen-bond acceptors (Lipinski definition) is 6. The molecule has 0 radical (unpaired) electrons. The second-order valence-corrected chi connectivity index (χ2v) is 4.36. The number of nitro groups is 1. The molecule has 1 N–H and O–H groups in total. The molecule has 0 amide bonds. The summed E-state index contributed by atoms with van der Waals surface area (Å²) in [6, 6.07) is 9.80. The van der Waals surface area contributed by atoms with Gasteiger partial charge in [0.25, 0.3) is 0 Å². The minimum atomic E-state index is -0.489. The number of rotatable bonds is 5. The molecular weight excluding hydrogens is 286 g/mol. The SMILES string of the molecule is O=[N+]([O-])c1ccccc1OCc1nc(-c2cccnc2)n[nH]1. The molecule has 0 aliphatic carbocycles. The minimum absolute atomic E-state index is 0.0537. The first-order valence-electron chi connectivity index (χ1n) is 6.42. The Bertz CT molecular complexity index is 788. The topological polar surface area (TPSA) is 107 Å². The molecule has 8 heteroatoms. The third-order valence-corrected chi connectivity index (χ3v) is 2.88. The van der Waals surface area contributed by atoms with Crippen LogP contribution in [0.5, 0.6) is 5.75 Å². The van der Waals surface area contributed by atoms with E-state index in [4.69, 9.17) is 4.74 Å². The van der Waals surface area contributed by atoms with E-state index >= 15 is 0 Å². The Morgan fingerprint density at radius 1 is 1.23 bits per heavy atom. The first kappa shape index (κ1) is 13.7. The zero-order valence-corrected chi connectivity index (χ0v) is 11.3. The lowest BCUT2D eigenvalue weighted by Gasteiger charge is -2.03. The molecule has 0 bridgehead atoms. The number of nitro benzene ring substituents is 1. The summed E-state index contributed by atoms with van der Waals surface area (Å²) in [4.78, 5) is 18.7. The van der Waals surface area contributed by atoms with Crippen molar-refractivity contribution >= 4 is 5.69 Å². The van der Waals surface area contributed by atoms with Crippen LogP contribution in [0.15, 0.2) is 48.8 Å². The van der Waals surface area contributed by atoms with Crippen molar-refractivity contribution in [2.24, 2.45) is 0 Å². The van der Waals surface area contributed by atoms with Gasteiger partial charge in [-0.05, 0) is 18.2 Å². The number of hydrogen-bond donors (Lipinski definition) is 1. The molecule has 0 fully saturated rings. The predicted octanol–water partition coefficient (Wildman–Crippen LogP) is 2.35. The van der Waals surface area contributed by atoms with E-state index in [-0.39, 0.29) is 18.0 Å². The highest BCUT2D eigenvalue weighted by Gasteiger charge is 2.14. The Morgan fingerprint density at radius 2 is 2.09 bits per heavy atom. The van der Waals surface area contributed by atoms with Crippen LogP contribution in [-0.2, 0) is 6.61 Å². The number of para-hydroxylation sites is 2. The minimum Gasteiger partial charge on any atom is -0.479 e. The first-order valence-corrected chi connectivity index (χ1v) is 6.42. The Hall–Kier alpha value is -3.29. The molecule has 0 saturated carbocycles. The summed E-state index contributed by atoms with van der Waals surface area (Å²) in [6.07, 6.45) is 3.31. The van der Waals surface area contributed by atoms with Crippen molar-refractivity contribution in [1.82, 2.24) is 20.2 Å². The number of pyridine rings is 1. The normalized spacial score (nSPS) is 10.4. The molecule has 3 aromatic rings. The van der Waals surface area contributed by atoms with Gasteiger partial charge in [0.05, 0.1) is 4.92 Å². The number of ether oxygens (including phenoxy) is 1. The standard InChI is InChI=1S/C14H11N5O3/c20-19(21)11-5-1-2-6-12(11)22-9-13-16-14(18-17-13)10-4-3-7-15-8-10/h1-8H,9H2,(H,16,17,18). The van der Waals surface area contributed by atoms with E-state index in [0.29, 0.717) is 11.6 Å². The van der Waals surface area contributed by atoms with Crippen LogP contribution in [0.4, 0.5) is 5.69 Å². The van der Waals surface area contributed by atoms with Crippen molar-refractivity contribution in [2.75, 3.05) is 0 Å². The fraction of sp³-hybridized carbons (Fsp3) is 0.0714. The number of nitrogens with one attached hydrogen (secondary N) is 1. The van der Waals surface area contributed by atoms with Gasteiger partial charge in [0.1, 0.15) is 6.61 Å². The third kappa shape index (κ3) is 2.90. The number of H-pyrrole nitrogens is 1. The van der Waals surface area contributed by atoms with Crippen LogP contribution < -0.4 is 4.74 Å². The van der Waals surface area contributed by atoms with Crippen molar-refractivity contribution in [2.45, 2.75) is 6.61 Å². The van der Waals surface area contributed by atoms with Gasteiger partial charge in [-0.2, -0.15) is 5.10 Å². The molecule has 0 atom stereocenters. The van der Waals surface area contributed by atoms with Crippen LogP contribution >= 0.6 is 0 Å². The number of benzene rings is 1. The van der Waals surface area contributed by atoms with Crippen LogP contribution in [0.1, 0.15) is 5.82 Å². The van der Waals surface area contributed by atoms with Gasteiger partial charge in [-0.3, -0.25) is 20.2 Å². The second-order valence-electron chi connectivity index (χ2n) is 4.36. The maximum absolute atomic E-state index is 10.9. The molecule has 110 valence electrons. The molecule has 0 unspecified atom stereocenters. The van der Waals surface area contributed by atoms with Crippen molar-refractivity contribution in [1.29, 1.82) is 0 Å². The predicted molar refractivity (Wildman–Crippen MR) is 77.0 cm³/mol. The molecule has 0 aliphatic heterocycles. The lowest BCUT2D eigenvalue weighted by molar-refractivity contribution is -0.385. The Morgan fingerprint density at radius 3 is 2.86 bits per heavy atom. The van der Waals surface area contributed by atoms with E-state index in [1.54, 1.807) is 30.6 Å². The number of aromatic nitrogens is 4. The van der Waals surface area contributed by atoms with Crippen LogP contribution in [0.3, 0.4) is 0 Å². The number of aromatic amines is 1. The molecule has 0 aliphatic rings. The van der Waals surface area contributed by atoms with E-state index in [2.05, 4.69) is 20.2 Å². The summed E-state index contributed by atoms with van der Waals surface area (Å²) in [5.74, 6) is 1.15. The number of nitrogens with zero attached hydrogens (tertiary/aromatic N) is 4. The molecule has 22 heavy (non-hydrogen) atoms. The fourth-order valence-electron chi connectivity index (χ4n) is 1.86.